The Morgan fingerprint density at radius 3 is 2.80 bits per heavy atom. The normalized spacial score (nSPS) is 12.9. The molecule has 3 N–H and O–H groups in total. The summed E-state index contributed by atoms with van der Waals surface area (Å²) in [6, 6.07) is 12.4. The van der Waals surface area contributed by atoms with E-state index in [0.29, 0.717) is 0 Å². The van der Waals surface area contributed by atoms with Crippen LogP contribution in [0.25, 0.3) is 11.0 Å². The van der Waals surface area contributed by atoms with Crippen LogP contribution in [0.5, 0.6) is 0 Å². The summed E-state index contributed by atoms with van der Waals surface area (Å²) in [6.07, 6.45) is 0.759. The molecular weight excluding hydrogens is 336 g/mol. The van der Waals surface area contributed by atoms with Crippen LogP contribution >= 0.6 is 27.3 Å². The second-order valence-corrected chi connectivity index (χ2v) is 7.14. The molecule has 3 rings (SSSR count). The highest BCUT2D eigenvalue weighted by atomic mass is 79.9. The van der Waals surface area contributed by atoms with Crippen molar-refractivity contribution in [2.45, 2.75) is 12.5 Å². The van der Waals surface area contributed by atoms with Gasteiger partial charge in [0.2, 0.25) is 0 Å². The highest BCUT2D eigenvalue weighted by Gasteiger charge is 2.16. The lowest BCUT2D eigenvalue weighted by atomic mass is 10.2. The third-order valence-corrected chi connectivity index (χ3v) is 5.14. The molecule has 0 saturated heterocycles. The molecule has 0 bridgehead atoms. The van der Waals surface area contributed by atoms with Crippen LogP contribution in [0, 0.1) is 0 Å². The number of thiophene rings is 1. The Hall–Kier alpha value is -1.21. The van der Waals surface area contributed by atoms with Gasteiger partial charge in [0.05, 0.1) is 20.9 Å². The first-order valence-corrected chi connectivity index (χ1v) is 7.91. The zero-order valence-corrected chi connectivity index (χ0v) is 13.4. The van der Waals surface area contributed by atoms with E-state index in [1.54, 1.807) is 11.3 Å². The van der Waals surface area contributed by atoms with Gasteiger partial charge in [-0.2, -0.15) is 0 Å². The molecule has 4 nitrogen and oxygen atoms in total. The molecule has 3 aromatic rings. The van der Waals surface area contributed by atoms with Gasteiger partial charge >= 0.3 is 0 Å². The number of fused-ring (bicyclic) bond motifs is 1. The van der Waals surface area contributed by atoms with Gasteiger partial charge in [-0.05, 0) is 40.2 Å². The first kappa shape index (κ1) is 13.8. The minimum absolute atomic E-state index is 0.0711. The van der Waals surface area contributed by atoms with Crippen molar-refractivity contribution in [1.29, 1.82) is 0 Å². The van der Waals surface area contributed by atoms with Crippen LogP contribution < -0.4 is 11.3 Å². The van der Waals surface area contributed by atoms with E-state index in [1.165, 1.54) is 4.88 Å². The number of hydrazine groups is 1. The van der Waals surface area contributed by atoms with Gasteiger partial charge in [-0.15, -0.1) is 11.3 Å². The van der Waals surface area contributed by atoms with E-state index in [2.05, 4.69) is 38.1 Å². The largest absolute Gasteiger partial charge is 0.331 e. The SMILES string of the molecule is Cn1c(CC(NN)c2ccc(Br)s2)nc2ccccc21. The summed E-state index contributed by atoms with van der Waals surface area (Å²) < 4.78 is 3.24. The molecule has 0 saturated carbocycles. The van der Waals surface area contributed by atoms with Crippen molar-refractivity contribution in [2.24, 2.45) is 12.9 Å². The molecule has 0 radical (unpaired) electrons. The summed E-state index contributed by atoms with van der Waals surface area (Å²) in [5.74, 6) is 6.74. The van der Waals surface area contributed by atoms with Crippen LogP contribution in [0.4, 0.5) is 0 Å². The van der Waals surface area contributed by atoms with Gasteiger partial charge in [0.1, 0.15) is 5.82 Å². The van der Waals surface area contributed by atoms with Crippen LogP contribution in [0.1, 0.15) is 16.7 Å². The van der Waals surface area contributed by atoms with Gasteiger partial charge < -0.3 is 4.57 Å². The van der Waals surface area contributed by atoms with E-state index < -0.39 is 0 Å². The molecule has 0 aliphatic heterocycles. The van der Waals surface area contributed by atoms with Crippen molar-refractivity contribution >= 4 is 38.3 Å². The molecule has 0 amide bonds. The molecule has 2 heterocycles. The van der Waals surface area contributed by atoms with Gasteiger partial charge in [-0.1, -0.05) is 12.1 Å². The minimum atomic E-state index is 0.0711. The number of nitrogens with two attached hydrogens (primary N) is 1. The fourth-order valence-corrected chi connectivity index (χ4v) is 3.80. The summed E-state index contributed by atoms with van der Waals surface area (Å²) >= 11 is 5.18. The maximum Gasteiger partial charge on any atom is 0.111 e. The van der Waals surface area contributed by atoms with Crippen LogP contribution in [0.3, 0.4) is 0 Å². The van der Waals surface area contributed by atoms with Crippen LogP contribution in [0.15, 0.2) is 40.2 Å². The van der Waals surface area contributed by atoms with Crippen molar-refractivity contribution in [3.05, 3.63) is 50.9 Å². The number of para-hydroxylation sites is 2. The third-order valence-electron chi connectivity index (χ3n) is 3.41. The summed E-state index contributed by atoms with van der Waals surface area (Å²) in [5.41, 5.74) is 5.05. The number of nitrogens with zero attached hydrogens (tertiary/aromatic N) is 2. The summed E-state index contributed by atoms with van der Waals surface area (Å²) in [5, 5.41) is 0. The van der Waals surface area contributed by atoms with Crippen molar-refractivity contribution in [2.75, 3.05) is 0 Å². The lowest BCUT2D eigenvalue weighted by molar-refractivity contribution is 0.539. The molecule has 1 aromatic carbocycles. The number of halogens is 1. The Morgan fingerprint density at radius 1 is 1.35 bits per heavy atom. The van der Waals surface area contributed by atoms with Gasteiger partial charge in [-0.25, -0.2) is 4.98 Å². The fraction of sp³-hybridized carbons (Fsp3) is 0.214. The average molecular weight is 351 g/mol. The molecule has 20 heavy (non-hydrogen) atoms. The first-order valence-electron chi connectivity index (χ1n) is 6.30. The summed E-state index contributed by atoms with van der Waals surface area (Å²) in [6.45, 7) is 0. The standard InChI is InChI=1S/C14H15BrN4S/c1-19-11-5-3-2-4-9(11)17-14(19)8-10(18-16)12-6-7-13(15)20-12/h2-7,10,18H,8,16H2,1H3. The molecule has 6 heteroatoms. The van der Waals surface area contributed by atoms with Gasteiger partial charge in [0.25, 0.3) is 0 Å². The van der Waals surface area contributed by atoms with Crippen molar-refractivity contribution < 1.29 is 0 Å². The lowest BCUT2D eigenvalue weighted by Crippen LogP contribution is -2.29. The Labute approximate surface area is 129 Å². The molecule has 1 atom stereocenters. The monoisotopic (exact) mass is 350 g/mol. The first-order chi connectivity index (χ1) is 9.69. The smallest absolute Gasteiger partial charge is 0.111 e. The predicted octanol–water partition coefficient (Wildman–Crippen LogP) is 3.14. The maximum absolute atomic E-state index is 5.71. The Bertz CT molecular complexity index is 734. The quantitative estimate of drug-likeness (QED) is 0.561. The highest BCUT2D eigenvalue weighted by Crippen LogP contribution is 2.29. The van der Waals surface area contributed by atoms with E-state index in [0.717, 1.165) is 27.1 Å². The topological polar surface area (TPSA) is 55.9 Å². The number of nitrogens with one attached hydrogen (secondary N) is 1. The lowest BCUT2D eigenvalue weighted by Gasteiger charge is -2.13. The third kappa shape index (κ3) is 2.52. The van der Waals surface area contributed by atoms with Crippen molar-refractivity contribution in [3.8, 4) is 0 Å². The van der Waals surface area contributed by atoms with Crippen molar-refractivity contribution in [1.82, 2.24) is 15.0 Å². The zero-order valence-electron chi connectivity index (χ0n) is 11.0. The number of hydrogen-bond acceptors (Lipinski definition) is 4. The predicted molar refractivity (Wildman–Crippen MR) is 86.5 cm³/mol. The molecule has 0 fully saturated rings. The van der Waals surface area contributed by atoms with E-state index in [-0.39, 0.29) is 6.04 Å². The fourth-order valence-electron chi connectivity index (χ4n) is 2.32. The van der Waals surface area contributed by atoms with Gasteiger partial charge in [-0.3, -0.25) is 11.3 Å². The average Bonchev–Trinajstić information content (AvgIpc) is 3.01. The number of hydrogen-bond donors (Lipinski definition) is 2. The maximum atomic E-state index is 5.71. The van der Waals surface area contributed by atoms with Gasteiger partial charge in [0, 0.05) is 18.3 Å². The molecule has 2 aromatic heterocycles. The molecule has 104 valence electrons. The van der Waals surface area contributed by atoms with Crippen LogP contribution in [0.2, 0.25) is 0 Å². The number of aryl methyl sites for hydroxylation is 1. The second-order valence-electron chi connectivity index (χ2n) is 4.64. The Kier molecular flexibility index (Phi) is 3.89. The van der Waals surface area contributed by atoms with E-state index >= 15 is 0 Å². The number of imidazole rings is 1. The molecule has 0 aliphatic rings. The summed E-state index contributed by atoms with van der Waals surface area (Å²) in [4.78, 5) is 5.89. The molecule has 0 spiro atoms. The zero-order chi connectivity index (χ0) is 14.1. The molecule has 1 unspecified atom stereocenters. The number of benzene rings is 1. The summed E-state index contributed by atoms with van der Waals surface area (Å²) in [7, 11) is 2.04. The number of aromatic nitrogens is 2. The van der Waals surface area contributed by atoms with Crippen LogP contribution in [-0.4, -0.2) is 9.55 Å². The van der Waals surface area contributed by atoms with E-state index in [4.69, 9.17) is 10.8 Å². The van der Waals surface area contributed by atoms with Crippen molar-refractivity contribution in [3.63, 3.8) is 0 Å². The second kappa shape index (κ2) is 5.65. The van der Waals surface area contributed by atoms with E-state index in [1.807, 2.05) is 31.3 Å². The molecular formula is C14H15BrN4S. The van der Waals surface area contributed by atoms with E-state index in [9.17, 15) is 0 Å². The minimum Gasteiger partial charge on any atom is -0.331 e. The molecule has 0 aliphatic carbocycles. The number of rotatable bonds is 4. The highest BCUT2D eigenvalue weighted by molar-refractivity contribution is 9.11. The Balaban J connectivity index is 1.93. The Morgan fingerprint density at radius 2 is 2.15 bits per heavy atom. The van der Waals surface area contributed by atoms with Gasteiger partial charge in [0.15, 0.2) is 0 Å². The van der Waals surface area contributed by atoms with Crippen LogP contribution in [-0.2, 0) is 13.5 Å².